The molecule has 0 aliphatic carbocycles. The second-order valence-electron chi connectivity index (χ2n) is 6.35. The molecule has 1 aliphatic rings. The van der Waals surface area contributed by atoms with E-state index in [1.807, 2.05) is 6.07 Å². The summed E-state index contributed by atoms with van der Waals surface area (Å²) in [6.45, 7) is 3.24. The van der Waals surface area contributed by atoms with Gasteiger partial charge in [-0.2, -0.15) is 0 Å². The maximum absolute atomic E-state index is 9.58. The lowest BCUT2D eigenvalue weighted by Crippen LogP contribution is -2.52. The first-order valence-corrected chi connectivity index (χ1v) is 7.73. The molecule has 0 spiro atoms. The molecule has 3 heteroatoms. The number of benzene rings is 2. The van der Waals surface area contributed by atoms with E-state index in [0.717, 1.165) is 13.1 Å². The lowest BCUT2D eigenvalue weighted by molar-refractivity contribution is -0.147. The van der Waals surface area contributed by atoms with E-state index < -0.39 is 0 Å². The van der Waals surface area contributed by atoms with E-state index in [1.165, 1.54) is 16.7 Å². The van der Waals surface area contributed by atoms with Gasteiger partial charge in [-0.1, -0.05) is 54.6 Å². The molecule has 2 aromatic carbocycles. The summed E-state index contributed by atoms with van der Waals surface area (Å²) in [5.74, 6) is 0. The second-order valence-corrected chi connectivity index (χ2v) is 6.35. The molecule has 3 nitrogen and oxygen atoms in total. The van der Waals surface area contributed by atoms with Crippen molar-refractivity contribution in [2.75, 3.05) is 33.4 Å². The van der Waals surface area contributed by atoms with Crippen LogP contribution in [0.5, 0.6) is 0 Å². The van der Waals surface area contributed by atoms with E-state index in [2.05, 4.69) is 60.5 Å². The van der Waals surface area contributed by atoms with Gasteiger partial charge in [0.2, 0.25) is 0 Å². The SMILES string of the molecule is CN(Cc1ccccc1-c1ccccc1)CC1(CO)COC1. The first-order valence-electron chi connectivity index (χ1n) is 7.73. The van der Waals surface area contributed by atoms with Crippen LogP contribution in [0.4, 0.5) is 0 Å². The Balaban J connectivity index is 1.75. The van der Waals surface area contributed by atoms with Gasteiger partial charge in [-0.05, 0) is 23.7 Å². The molecule has 0 amide bonds. The molecule has 1 N–H and O–H groups in total. The van der Waals surface area contributed by atoms with Gasteiger partial charge in [-0.15, -0.1) is 0 Å². The number of aliphatic hydroxyl groups excluding tert-OH is 1. The molecule has 1 saturated heterocycles. The molecule has 1 fully saturated rings. The quantitative estimate of drug-likeness (QED) is 0.890. The minimum absolute atomic E-state index is 0.0730. The number of rotatable bonds is 6. The van der Waals surface area contributed by atoms with Crippen molar-refractivity contribution in [2.45, 2.75) is 6.54 Å². The highest BCUT2D eigenvalue weighted by Crippen LogP contribution is 2.29. The lowest BCUT2D eigenvalue weighted by atomic mass is 9.86. The average Bonchev–Trinajstić information content (AvgIpc) is 2.52. The van der Waals surface area contributed by atoms with Crippen molar-refractivity contribution in [1.82, 2.24) is 4.90 Å². The Hall–Kier alpha value is -1.68. The fourth-order valence-electron chi connectivity index (χ4n) is 3.10. The number of nitrogens with zero attached hydrogens (tertiary/aromatic N) is 1. The summed E-state index contributed by atoms with van der Waals surface area (Å²) < 4.78 is 5.29. The highest BCUT2D eigenvalue weighted by Gasteiger charge is 2.38. The Kier molecular flexibility index (Phi) is 4.57. The fourth-order valence-corrected chi connectivity index (χ4v) is 3.10. The van der Waals surface area contributed by atoms with Crippen LogP contribution in [-0.4, -0.2) is 43.4 Å². The Bertz CT molecular complexity index is 602. The molecular weight excluding hydrogens is 274 g/mol. The summed E-state index contributed by atoms with van der Waals surface area (Å²) in [4.78, 5) is 2.28. The minimum atomic E-state index is -0.0730. The number of hydrogen-bond acceptors (Lipinski definition) is 3. The van der Waals surface area contributed by atoms with E-state index in [4.69, 9.17) is 4.74 Å². The zero-order valence-electron chi connectivity index (χ0n) is 13.0. The van der Waals surface area contributed by atoms with Crippen LogP contribution in [0.3, 0.4) is 0 Å². The van der Waals surface area contributed by atoms with E-state index in [-0.39, 0.29) is 12.0 Å². The standard InChI is InChI=1S/C19H23NO2/c1-20(12-19(13-21)14-22-15-19)11-17-9-5-6-10-18(17)16-7-3-2-4-8-16/h2-10,21H,11-15H2,1H3. The number of hydrogen-bond donors (Lipinski definition) is 1. The van der Waals surface area contributed by atoms with Gasteiger partial charge < -0.3 is 14.7 Å². The summed E-state index contributed by atoms with van der Waals surface area (Å²) in [7, 11) is 2.11. The molecule has 0 aromatic heterocycles. The summed E-state index contributed by atoms with van der Waals surface area (Å²) in [5.41, 5.74) is 3.76. The molecule has 0 bridgehead atoms. The zero-order chi connectivity index (χ0) is 15.4. The van der Waals surface area contributed by atoms with Gasteiger partial charge in [0, 0.05) is 13.1 Å². The van der Waals surface area contributed by atoms with Crippen molar-refractivity contribution < 1.29 is 9.84 Å². The largest absolute Gasteiger partial charge is 0.396 e. The van der Waals surface area contributed by atoms with Gasteiger partial charge in [-0.25, -0.2) is 0 Å². The van der Waals surface area contributed by atoms with Gasteiger partial charge in [0.15, 0.2) is 0 Å². The second kappa shape index (κ2) is 6.61. The van der Waals surface area contributed by atoms with Crippen molar-refractivity contribution in [1.29, 1.82) is 0 Å². The maximum atomic E-state index is 9.58. The van der Waals surface area contributed by atoms with E-state index in [9.17, 15) is 5.11 Å². The van der Waals surface area contributed by atoms with Gasteiger partial charge >= 0.3 is 0 Å². The monoisotopic (exact) mass is 297 g/mol. The van der Waals surface area contributed by atoms with Crippen LogP contribution in [0.25, 0.3) is 11.1 Å². The minimum Gasteiger partial charge on any atom is -0.396 e. The van der Waals surface area contributed by atoms with Gasteiger partial charge in [0.25, 0.3) is 0 Å². The third-order valence-electron chi connectivity index (χ3n) is 4.30. The molecule has 116 valence electrons. The summed E-state index contributed by atoms with van der Waals surface area (Å²) in [6, 6.07) is 19.0. The highest BCUT2D eigenvalue weighted by molar-refractivity contribution is 5.67. The van der Waals surface area contributed by atoms with Crippen molar-refractivity contribution >= 4 is 0 Å². The van der Waals surface area contributed by atoms with Crippen LogP contribution in [0.15, 0.2) is 54.6 Å². The lowest BCUT2D eigenvalue weighted by Gasteiger charge is -2.42. The number of aliphatic hydroxyl groups is 1. The van der Waals surface area contributed by atoms with Gasteiger partial charge in [0.1, 0.15) is 0 Å². The van der Waals surface area contributed by atoms with E-state index >= 15 is 0 Å². The molecular formula is C19H23NO2. The molecule has 0 atom stereocenters. The van der Waals surface area contributed by atoms with Crippen LogP contribution in [0.1, 0.15) is 5.56 Å². The van der Waals surface area contributed by atoms with Crippen LogP contribution < -0.4 is 0 Å². The molecule has 1 heterocycles. The Labute approximate surface area is 132 Å². The topological polar surface area (TPSA) is 32.7 Å². The third kappa shape index (κ3) is 3.22. The van der Waals surface area contributed by atoms with Crippen molar-refractivity contribution in [3.63, 3.8) is 0 Å². The van der Waals surface area contributed by atoms with Crippen molar-refractivity contribution in [3.8, 4) is 11.1 Å². The summed E-state index contributed by atoms with van der Waals surface area (Å²) in [6.07, 6.45) is 0. The molecule has 2 aromatic rings. The first kappa shape index (κ1) is 15.2. The van der Waals surface area contributed by atoms with Crippen LogP contribution in [0, 0.1) is 5.41 Å². The Morgan fingerprint density at radius 2 is 1.73 bits per heavy atom. The van der Waals surface area contributed by atoms with E-state index in [0.29, 0.717) is 13.2 Å². The first-order chi connectivity index (χ1) is 10.7. The number of ether oxygens (including phenoxy) is 1. The molecule has 1 aliphatic heterocycles. The van der Waals surface area contributed by atoms with Crippen LogP contribution >= 0.6 is 0 Å². The molecule has 22 heavy (non-hydrogen) atoms. The van der Waals surface area contributed by atoms with Gasteiger partial charge in [0.05, 0.1) is 25.2 Å². The van der Waals surface area contributed by atoms with Crippen LogP contribution in [0.2, 0.25) is 0 Å². The normalized spacial score (nSPS) is 16.5. The Morgan fingerprint density at radius 1 is 1.05 bits per heavy atom. The third-order valence-corrected chi connectivity index (χ3v) is 4.30. The fraction of sp³-hybridized carbons (Fsp3) is 0.368. The smallest absolute Gasteiger partial charge is 0.0579 e. The predicted octanol–water partition coefficient (Wildman–Crippen LogP) is 2.79. The van der Waals surface area contributed by atoms with Crippen LogP contribution in [-0.2, 0) is 11.3 Å². The molecule has 3 rings (SSSR count). The summed E-state index contributed by atoms with van der Waals surface area (Å²) >= 11 is 0. The molecule has 0 radical (unpaired) electrons. The van der Waals surface area contributed by atoms with Gasteiger partial charge in [-0.3, -0.25) is 0 Å². The Morgan fingerprint density at radius 3 is 2.36 bits per heavy atom. The van der Waals surface area contributed by atoms with Crippen molar-refractivity contribution in [2.24, 2.45) is 5.41 Å². The predicted molar refractivity (Wildman–Crippen MR) is 88.5 cm³/mol. The summed E-state index contributed by atoms with van der Waals surface area (Å²) in [5, 5.41) is 9.58. The molecule has 0 saturated carbocycles. The maximum Gasteiger partial charge on any atom is 0.0579 e. The van der Waals surface area contributed by atoms with E-state index in [1.54, 1.807) is 0 Å². The highest BCUT2D eigenvalue weighted by atomic mass is 16.5. The average molecular weight is 297 g/mol. The molecule has 0 unspecified atom stereocenters. The zero-order valence-corrected chi connectivity index (χ0v) is 13.0. The van der Waals surface area contributed by atoms with Crippen molar-refractivity contribution in [3.05, 3.63) is 60.2 Å².